The van der Waals surface area contributed by atoms with Crippen LogP contribution in [0.25, 0.3) is 0 Å². The first-order chi connectivity index (χ1) is 11.0. The van der Waals surface area contributed by atoms with Gasteiger partial charge in [-0.3, -0.25) is 4.90 Å². The van der Waals surface area contributed by atoms with Crippen LogP contribution in [-0.4, -0.2) is 58.7 Å². The number of hydrogen-bond donors (Lipinski definition) is 3. The molecule has 5 nitrogen and oxygen atoms in total. The molecule has 0 aliphatic carbocycles. The Kier molecular flexibility index (Phi) is 9.67. The van der Waals surface area contributed by atoms with E-state index >= 15 is 0 Å². The smallest absolute Gasteiger partial charge is 0.160 e. The molecule has 0 aliphatic rings. The van der Waals surface area contributed by atoms with Crippen LogP contribution in [-0.2, 0) is 0 Å². The number of ether oxygens (including phenoxy) is 1. The Hall–Kier alpha value is -1.30. The van der Waals surface area contributed by atoms with Crippen molar-refractivity contribution >= 4 is 0 Å². The number of aromatic hydroxyl groups is 1. The average Bonchev–Trinajstić information content (AvgIpc) is 2.46. The summed E-state index contributed by atoms with van der Waals surface area (Å²) < 4.78 is 5.54. The van der Waals surface area contributed by atoms with E-state index in [0.717, 1.165) is 32.2 Å². The first kappa shape index (κ1) is 19.7. The molecular formula is C18H31NO4. The second-order valence-electron chi connectivity index (χ2n) is 6.19. The molecule has 132 valence electrons. The van der Waals surface area contributed by atoms with Gasteiger partial charge in [-0.05, 0) is 45.4 Å². The van der Waals surface area contributed by atoms with Crippen molar-refractivity contribution in [2.24, 2.45) is 0 Å². The van der Waals surface area contributed by atoms with Gasteiger partial charge in [0.2, 0.25) is 0 Å². The Balaban J connectivity index is 2.10. The Morgan fingerprint density at radius 1 is 0.957 bits per heavy atom. The van der Waals surface area contributed by atoms with Crippen molar-refractivity contribution in [3.8, 4) is 11.5 Å². The molecule has 0 saturated carbocycles. The van der Waals surface area contributed by atoms with Crippen LogP contribution in [0.2, 0.25) is 0 Å². The third kappa shape index (κ3) is 9.43. The van der Waals surface area contributed by atoms with E-state index < -0.39 is 0 Å². The topological polar surface area (TPSA) is 73.2 Å². The van der Waals surface area contributed by atoms with Crippen molar-refractivity contribution in [2.75, 3.05) is 26.2 Å². The van der Waals surface area contributed by atoms with Crippen molar-refractivity contribution in [1.29, 1.82) is 0 Å². The summed E-state index contributed by atoms with van der Waals surface area (Å²) in [6, 6.07) is 7.00. The minimum absolute atomic E-state index is 0.180. The largest absolute Gasteiger partial charge is 0.504 e. The highest BCUT2D eigenvalue weighted by atomic mass is 16.5. The molecule has 3 N–H and O–H groups in total. The fraction of sp³-hybridized carbons (Fsp3) is 0.667. The number of hydrogen-bond acceptors (Lipinski definition) is 5. The molecule has 2 unspecified atom stereocenters. The number of para-hydroxylation sites is 2. The number of aliphatic hydroxyl groups excluding tert-OH is 2. The normalized spacial score (nSPS) is 14.0. The van der Waals surface area contributed by atoms with Crippen LogP contribution >= 0.6 is 0 Å². The molecule has 0 amide bonds. The molecule has 0 aromatic heterocycles. The lowest BCUT2D eigenvalue weighted by Crippen LogP contribution is -2.36. The van der Waals surface area contributed by atoms with Gasteiger partial charge in [0.15, 0.2) is 11.5 Å². The Labute approximate surface area is 139 Å². The molecule has 0 heterocycles. The van der Waals surface area contributed by atoms with Crippen molar-refractivity contribution < 1.29 is 20.1 Å². The van der Waals surface area contributed by atoms with E-state index in [1.165, 1.54) is 0 Å². The van der Waals surface area contributed by atoms with Gasteiger partial charge in [-0.15, -0.1) is 0 Å². The predicted octanol–water partition coefficient (Wildman–Crippen LogP) is 2.40. The van der Waals surface area contributed by atoms with Gasteiger partial charge >= 0.3 is 0 Å². The minimum Gasteiger partial charge on any atom is -0.504 e. The molecule has 1 aromatic rings. The number of aliphatic hydroxyl groups is 2. The highest BCUT2D eigenvalue weighted by Gasteiger charge is 2.10. The zero-order chi connectivity index (χ0) is 17.1. The van der Waals surface area contributed by atoms with Crippen molar-refractivity contribution in [3.05, 3.63) is 24.3 Å². The SMILES string of the molecule is CC(O)CN(CCCCCCOc1ccccc1O)CC(C)O. The second kappa shape index (κ2) is 11.3. The summed E-state index contributed by atoms with van der Waals surface area (Å²) in [6.45, 7) is 6.22. The first-order valence-corrected chi connectivity index (χ1v) is 8.48. The van der Waals surface area contributed by atoms with Crippen LogP contribution in [0.15, 0.2) is 24.3 Å². The molecule has 0 fully saturated rings. The summed E-state index contributed by atoms with van der Waals surface area (Å²) in [5.74, 6) is 0.715. The summed E-state index contributed by atoms with van der Waals surface area (Å²) in [7, 11) is 0. The Bertz CT molecular complexity index is 413. The summed E-state index contributed by atoms with van der Waals surface area (Å²) >= 11 is 0. The number of nitrogens with zero attached hydrogens (tertiary/aromatic N) is 1. The van der Waals surface area contributed by atoms with Gasteiger partial charge in [0.05, 0.1) is 18.8 Å². The molecule has 23 heavy (non-hydrogen) atoms. The number of benzene rings is 1. The molecule has 1 rings (SSSR count). The fourth-order valence-electron chi connectivity index (χ4n) is 2.56. The zero-order valence-corrected chi connectivity index (χ0v) is 14.3. The van der Waals surface area contributed by atoms with Gasteiger partial charge in [0.25, 0.3) is 0 Å². The van der Waals surface area contributed by atoms with E-state index in [0.29, 0.717) is 25.4 Å². The molecule has 5 heteroatoms. The standard InChI is InChI=1S/C18H31NO4/c1-15(20)13-19(14-16(2)21)11-7-3-4-8-12-23-18-10-6-5-9-17(18)22/h5-6,9-10,15-16,20-22H,3-4,7-8,11-14H2,1-2H3. The lowest BCUT2D eigenvalue weighted by Gasteiger charge is -2.24. The predicted molar refractivity (Wildman–Crippen MR) is 91.9 cm³/mol. The van der Waals surface area contributed by atoms with Gasteiger partial charge in [-0.2, -0.15) is 0 Å². The molecule has 0 saturated heterocycles. The molecule has 1 aromatic carbocycles. The fourth-order valence-corrected chi connectivity index (χ4v) is 2.56. The number of phenolic OH excluding ortho intramolecular Hbond substituents is 1. The Morgan fingerprint density at radius 3 is 2.17 bits per heavy atom. The highest BCUT2D eigenvalue weighted by Crippen LogP contribution is 2.24. The van der Waals surface area contributed by atoms with Crippen molar-refractivity contribution in [2.45, 2.75) is 51.7 Å². The van der Waals surface area contributed by atoms with Crippen LogP contribution in [0.4, 0.5) is 0 Å². The second-order valence-corrected chi connectivity index (χ2v) is 6.19. The molecule has 0 aliphatic heterocycles. The third-order valence-electron chi connectivity index (χ3n) is 3.54. The Morgan fingerprint density at radius 2 is 1.57 bits per heavy atom. The van der Waals surface area contributed by atoms with E-state index in [-0.39, 0.29) is 18.0 Å². The molecule has 2 atom stereocenters. The van der Waals surface area contributed by atoms with Crippen molar-refractivity contribution in [1.82, 2.24) is 4.90 Å². The molecular weight excluding hydrogens is 294 g/mol. The zero-order valence-electron chi connectivity index (χ0n) is 14.3. The third-order valence-corrected chi connectivity index (χ3v) is 3.54. The van der Waals surface area contributed by atoms with Crippen LogP contribution in [0, 0.1) is 0 Å². The quantitative estimate of drug-likeness (QED) is 0.515. The maximum absolute atomic E-state index is 9.58. The van der Waals surface area contributed by atoms with Crippen molar-refractivity contribution in [3.63, 3.8) is 0 Å². The monoisotopic (exact) mass is 325 g/mol. The summed E-state index contributed by atoms with van der Waals surface area (Å²) in [6.07, 6.45) is 3.38. The summed E-state index contributed by atoms with van der Waals surface area (Å²) in [4.78, 5) is 2.10. The van der Waals surface area contributed by atoms with Crippen LogP contribution in [0.3, 0.4) is 0 Å². The summed E-state index contributed by atoms with van der Waals surface area (Å²) in [5, 5.41) is 28.5. The number of phenols is 1. The lowest BCUT2D eigenvalue weighted by atomic mass is 10.2. The maximum Gasteiger partial charge on any atom is 0.160 e. The maximum atomic E-state index is 9.58. The molecule has 0 bridgehead atoms. The number of unbranched alkanes of at least 4 members (excludes halogenated alkanes) is 3. The van der Waals surface area contributed by atoms with E-state index in [1.54, 1.807) is 32.0 Å². The summed E-state index contributed by atoms with van der Waals surface area (Å²) in [5.41, 5.74) is 0. The number of rotatable bonds is 12. The van der Waals surface area contributed by atoms with E-state index in [2.05, 4.69) is 4.90 Å². The van der Waals surface area contributed by atoms with Gasteiger partial charge < -0.3 is 20.1 Å². The van der Waals surface area contributed by atoms with Gasteiger partial charge in [-0.25, -0.2) is 0 Å². The van der Waals surface area contributed by atoms with E-state index in [4.69, 9.17) is 4.74 Å². The minimum atomic E-state index is -0.374. The van der Waals surface area contributed by atoms with E-state index in [9.17, 15) is 15.3 Å². The first-order valence-electron chi connectivity index (χ1n) is 8.48. The molecule has 0 radical (unpaired) electrons. The lowest BCUT2D eigenvalue weighted by molar-refractivity contribution is 0.0824. The van der Waals surface area contributed by atoms with Crippen LogP contribution in [0.1, 0.15) is 39.5 Å². The van der Waals surface area contributed by atoms with E-state index in [1.807, 2.05) is 6.07 Å². The van der Waals surface area contributed by atoms with Gasteiger partial charge in [0.1, 0.15) is 0 Å². The average molecular weight is 325 g/mol. The van der Waals surface area contributed by atoms with Crippen LogP contribution in [0.5, 0.6) is 11.5 Å². The van der Waals surface area contributed by atoms with Crippen LogP contribution < -0.4 is 4.74 Å². The van der Waals surface area contributed by atoms with Gasteiger partial charge in [-0.1, -0.05) is 25.0 Å². The highest BCUT2D eigenvalue weighted by molar-refractivity contribution is 5.37. The molecule has 0 spiro atoms. The van der Waals surface area contributed by atoms with Gasteiger partial charge in [0, 0.05) is 13.1 Å².